The SMILES string of the molecule is Cc1nc(N)ccc1CNC(=O)[C@H](C)NC(=O)[C@H]1C[C@@H](c2ccccc2)CCN1CCC(=O)OOC(=O)C(F)(F)F. The average molecular weight is 580 g/mol. The molecule has 0 aliphatic carbocycles. The highest BCUT2D eigenvalue weighted by Crippen LogP contribution is 2.32. The normalized spacial score (nSPS) is 18.2. The number of anilines is 1. The number of halogens is 3. The van der Waals surface area contributed by atoms with Crippen LogP contribution in [0.5, 0.6) is 0 Å². The predicted octanol–water partition coefficient (Wildman–Crippen LogP) is 2.30. The molecule has 1 fully saturated rings. The maximum Gasteiger partial charge on any atom is 0.495 e. The third-order valence-corrected chi connectivity index (χ3v) is 6.75. The first-order valence-electron chi connectivity index (χ1n) is 12.9. The minimum absolute atomic E-state index is 0.0213. The predicted molar refractivity (Wildman–Crippen MR) is 139 cm³/mol. The zero-order chi connectivity index (χ0) is 30.2. The summed E-state index contributed by atoms with van der Waals surface area (Å²) in [6, 6.07) is 11.3. The Hall–Kier alpha value is -4.20. The van der Waals surface area contributed by atoms with E-state index < -0.39 is 48.4 Å². The van der Waals surface area contributed by atoms with Crippen molar-refractivity contribution >= 4 is 29.6 Å². The van der Waals surface area contributed by atoms with Crippen LogP contribution in [0.1, 0.15) is 48.9 Å². The molecule has 2 amide bonds. The number of nitrogens with zero attached hydrogens (tertiary/aromatic N) is 2. The highest BCUT2D eigenvalue weighted by molar-refractivity contribution is 5.89. The summed E-state index contributed by atoms with van der Waals surface area (Å²) in [5.41, 5.74) is 8.12. The molecule has 1 saturated heterocycles. The number of benzene rings is 1. The molecular formula is C27H32F3N5O6. The third-order valence-electron chi connectivity index (χ3n) is 6.75. The van der Waals surface area contributed by atoms with Gasteiger partial charge in [0.15, 0.2) is 0 Å². The Balaban J connectivity index is 1.61. The molecule has 1 aromatic carbocycles. The number of alkyl halides is 3. The van der Waals surface area contributed by atoms with Crippen LogP contribution in [0.2, 0.25) is 0 Å². The molecule has 2 heterocycles. The Morgan fingerprint density at radius 1 is 1.12 bits per heavy atom. The topological polar surface area (TPSA) is 153 Å². The third kappa shape index (κ3) is 9.17. The number of piperidine rings is 1. The molecular weight excluding hydrogens is 547 g/mol. The minimum atomic E-state index is -5.31. The van der Waals surface area contributed by atoms with Crippen molar-refractivity contribution in [1.82, 2.24) is 20.5 Å². The van der Waals surface area contributed by atoms with Gasteiger partial charge in [0.05, 0.1) is 12.5 Å². The number of nitrogens with two attached hydrogens (primary N) is 1. The molecule has 0 unspecified atom stereocenters. The Morgan fingerprint density at radius 2 is 1.83 bits per heavy atom. The lowest BCUT2D eigenvalue weighted by Gasteiger charge is -2.39. The van der Waals surface area contributed by atoms with Gasteiger partial charge < -0.3 is 16.4 Å². The number of likely N-dealkylation sites (tertiary alicyclic amines) is 1. The Kier molecular flexibility index (Phi) is 10.6. The molecule has 0 radical (unpaired) electrons. The summed E-state index contributed by atoms with van der Waals surface area (Å²) in [6.07, 6.45) is -4.72. The zero-order valence-electron chi connectivity index (χ0n) is 22.6. The van der Waals surface area contributed by atoms with Gasteiger partial charge in [-0.25, -0.2) is 24.3 Å². The molecule has 4 N–H and O–H groups in total. The number of hydrogen-bond donors (Lipinski definition) is 3. The average Bonchev–Trinajstić information content (AvgIpc) is 2.93. The van der Waals surface area contributed by atoms with E-state index in [0.717, 1.165) is 11.1 Å². The van der Waals surface area contributed by atoms with Crippen molar-refractivity contribution in [2.45, 2.75) is 63.8 Å². The molecule has 0 saturated carbocycles. The summed E-state index contributed by atoms with van der Waals surface area (Å²) < 4.78 is 36.8. The van der Waals surface area contributed by atoms with Crippen LogP contribution in [0.25, 0.3) is 0 Å². The van der Waals surface area contributed by atoms with E-state index in [2.05, 4.69) is 25.4 Å². The second-order valence-electron chi connectivity index (χ2n) is 9.69. The Bertz CT molecular complexity index is 1240. The molecule has 0 bridgehead atoms. The quantitative estimate of drug-likeness (QED) is 0.300. The number of nitrogen functional groups attached to an aromatic ring is 1. The van der Waals surface area contributed by atoms with Crippen LogP contribution < -0.4 is 16.4 Å². The second kappa shape index (κ2) is 13.9. The van der Waals surface area contributed by atoms with Crippen LogP contribution in [0, 0.1) is 6.92 Å². The van der Waals surface area contributed by atoms with Gasteiger partial charge in [-0.05, 0) is 56.3 Å². The highest BCUT2D eigenvalue weighted by atomic mass is 19.4. The number of pyridine rings is 1. The van der Waals surface area contributed by atoms with Crippen molar-refractivity contribution in [3.05, 3.63) is 59.3 Å². The lowest BCUT2D eigenvalue weighted by molar-refractivity contribution is -0.286. The van der Waals surface area contributed by atoms with Gasteiger partial charge >= 0.3 is 18.1 Å². The summed E-state index contributed by atoms with van der Waals surface area (Å²) in [5.74, 6) is -4.34. The molecule has 1 aliphatic heterocycles. The van der Waals surface area contributed by atoms with Crippen molar-refractivity contribution in [2.24, 2.45) is 0 Å². The summed E-state index contributed by atoms with van der Waals surface area (Å²) in [6.45, 7) is 3.82. The van der Waals surface area contributed by atoms with Gasteiger partial charge in [-0.15, -0.1) is 0 Å². The van der Waals surface area contributed by atoms with E-state index in [1.54, 1.807) is 24.0 Å². The largest absolute Gasteiger partial charge is 0.495 e. The molecule has 41 heavy (non-hydrogen) atoms. The number of hydrogen-bond acceptors (Lipinski definition) is 9. The molecule has 3 atom stereocenters. The van der Waals surface area contributed by atoms with Gasteiger partial charge in [0.1, 0.15) is 11.9 Å². The van der Waals surface area contributed by atoms with Crippen molar-refractivity contribution < 1.29 is 42.1 Å². The van der Waals surface area contributed by atoms with E-state index in [1.807, 2.05) is 30.3 Å². The molecule has 1 aliphatic rings. The molecule has 11 nitrogen and oxygen atoms in total. The lowest BCUT2D eigenvalue weighted by Crippen LogP contribution is -2.55. The summed E-state index contributed by atoms with van der Waals surface area (Å²) in [5, 5.41) is 5.47. The molecule has 2 aromatic rings. The maximum absolute atomic E-state index is 13.4. The van der Waals surface area contributed by atoms with Crippen LogP contribution in [0.15, 0.2) is 42.5 Å². The van der Waals surface area contributed by atoms with E-state index >= 15 is 0 Å². The first-order valence-corrected chi connectivity index (χ1v) is 12.9. The van der Waals surface area contributed by atoms with E-state index in [1.165, 1.54) is 6.92 Å². The standard InChI is InChI=1S/C27H32F3N5O6/c1-16-20(8-9-22(31)33-16)15-32-24(37)17(2)34-25(38)21-14-19(18-6-4-3-5-7-18)10-12-35(21)13-11-23(36)40-41-26(39)27(28,29)30/h3-9,17,19,21H,10-15H2,1-2H3,(H2,31,33)(H,32,37)(H,34,38)/t17-,19-,21+/m0/s1. The number of carbonyl (C=O) groups excluding carboxylic acids is 4. The fourth-order valence-electron chi connectivity index (χ4n) is 4.50. The van der Waals surface area contributed by atoms with Crippen LogP contribution in [-0.2, 0) is 35.5 Å². The van der Waals surface area contributed by atoms with Gasteiger partial charge in [-0.3, -0.25) is 14.5 Å². The van der Waals surface area contributed by atoms with Gasteiger partial charge in [0.25, 0.3) is 0 Å². The minimum Gasteiger partial charge on any atom is -0.384 e. The Morgan fingerprint density at radius 3 is 2.49 bits per heavy atom. The van der Waals surface area contributed by atoms with Crippen molar-refractivity contribution in [1.29, 1.82) is 0 Å². The second-order valence-corrected chi connectivity index (χ2v) is 9.69. The molecule has 1 aromatic heterocycles. The van der Waals surface area contributed by atoms with Gasteiger partial charge in [0, 0.05) is 18.8 Å². The van der Waals surface area contributed by atoms with Gasteiger partial charge in [-0.1, -0.05) is 36.4 Å². The van der Waals surface area contributed by atoms with Crippen molar-refractivity contribution in [2.75, 3.05) is 18.8 Å². The van der Waals surface area contributed by atoms with E-state index in [-0.39, 0.29) is 19.0 Å². The monoisotopic (exact) mass is 579 g/mol. The molecule has 14 heteroatoms. The smallest absolute Gasteiger partial charge is 0.384 e. The first kappa shape index (κ1) is 31.3. The number of carbonyl (C=O) groups is 4. The fraction of sp³-hybridized carbons (Fsp3) is 0.444. The summed E-state index contributed by atoms with van der Waals surface area (Å²) in [7, 11) is 0. The number of nitrogens with one attached hydrogen (secondary N) is 2. The fourth-order valence-corrected chi connectivity index (χ4v) is 4.50. The number of aryl methyl sites for hydroxylation is 1. The number of amides is 2. The van der Waals surface area contributed by atoms with Crippen LogP contribution >= 0.6 is 0 Å². The number of aromatic nitrogens is 1. The summed E-state index contributed by atoms with van der Waals surface area (Å²) >= 11 is 0. The van der Waals surface area contributed by atoms with E-state index in [4.69, 9.17) is 5.73 Å². The van der Waals surface area contributed by atoms with Crippen LogP contribution in [0.4, 0.5) is 19.0 Å². The van der Waals surface area contributed by atoms with Crippen molar-refractivity contribution in [3.63, 3.8) is 0 Å². The molecule has 0 spiro atoms. The Labute approximate surface area is 234 Å². The van der Waals surface area contributed by atoms with E-state index in [9.17, 15) is 32.3 Å². The first-order chi connectivity index (χ1) is 19.3. The van der Waals surface area contributed by atoms with Crippen LogP contribution in [-0.4, -0.2) is 65.0 Å². The molecule has 3 rings (SSSR count). The van der Waals surface area contributed by atoms with Gasteiger partial charge in [-0.2, -0.15) is 13.2 Å². The molecule has 222 valence electrons. The van der Waals surface area contributed by atoms with Crippen molar-refractivity contribution in [3.8, 4) is 0 Å². The maximum atomic E-state index is 13.4. The zero-order valence-corrected chi connectivity index (χ0v) is 22.6. The lowest BCUT2D eigenvalue weighted by atomic mass is 9.84. The number of rotatable bonds is 9. The van der Waals surface area contributed by atoms with Crippen LogP contribution in [0.3, 0.4) is 0 Å². The van der Waals surface area contributed by atoms with E-state index in [0.29, 0.717) is 30.9 Å². The highest BCUT2D eigenvalue weighted by Gasteiger charge is 2.43. The van der Waals surface area contributed by atoms with Gasteiger partial charge in [0.2, 0.25) is 11.8 Å². The summed E-state index contributed by atoms with van der Waals surface area (Å²) in [4.78, 5) is 62.1.